The molecule has 1 saturated heterocycles. The summed E-state index contributed by atoms with van der Waals surface area (Å²) in [6, 6.07) is 0. The Kier molecular flexibility index (Phi) is 5.52. The van der Waals surface area contributed by atoms with E-state index in [1.807, 2.05) is 4.90 Å². The van der Waals surface area contributed by atoms with Crippen molar-refractivity contribution in [3.63, 3.8) is 0 Å². The molecule has 1 aliphatic heterocycles. The van der Waals surface area contributed by atoms with Crippen molar-refractivity contribution in [2.75, 3.05) is 25.0 Å². The number of halogens is 1. The minimum absolute atomic E-state index is 0.165. The van der Waals surface area contributed by atoms with Crippen LogP contribution < -0.4 is 0 Å². The number of amides is 1. The number of carbonyl (C=O) groups is 1. The molecule has 1 unspecified atom stereocenters. The number of carbonyl (C=O) groups excluding carboxylic acids is 1. The molecule has 0 aromatic carbocycles. The van der Waals surface area contributed by atoms with Gasteiger partial charge in [0.2, 0.25) is 5.91 Å². The lowest BCUT2D eigenvalue weighted by Gasteiger charge is -2.39. The molecule has 1 atom stereocenters. The fraction of sp³-hybridized carbons (Fsp3) is 0.938. The number of alkyl halides is 1. The SMILES string of the molecule is CC(C)(C)C1CCC(C(=O)N2CCOC(CBr)C2)CC1. The molecule has 1 amide bonds. The van der Waals surface area contributed by atoms with E-state index >= 15 is 0 Å². The van der Waals surface area contributed by atoms with E-state index in [1.54, 1.807) is 0 Å². The van der Waals surface area contributed by atoms with Crippen LogP contribution in [-0.4, -0.2) is 41.9 Å². The Morgan fingerprint density at radius 1 is 1.25 bits per heavy atom. The second kappa shape index (κ2) is 6.78. The topological polar surface area (TPSA) is 29.5 Å². The van der Waals surface area contributed by atoms with Crippen LogP contribution in [0.4, 0.5) is 0 Å². The molecule has 0 N–H and O–H groups in total. The van der Waals surface area contributed by atoms with E-state index in [1.165, 1.54) is 12.8 Å². The Morgan fingerprint density at radius 2 is 1.90 bits per heavy atom. The molecule has 2 rings (SSSR count). The molecule has 1 heterocycles. The van der Waals surface area contributed by atoms with Crippen LogP contribution in [0.2, 0.25) is 0 Å². The molecule has 0 aromatic rings. The summed E-state index contributed by atoms with van der Waals surface area (Å²) < 4.78 is 5.62. The molecule has 4 heteroatoms. The highest BCUT2D eigenvalue weighted by atomic mass is 79.9. The molecule has 116 valence electrons. The number of hydrogen-bond acceptors (Lipinski definition) is 2. The summed E-state index contributed by atoms with van der Waals surface area (Å²) in [7, 11) is 0. The number of rotatable bonds is 2. The zero-order valence-corrected chi connectivity index (χ0v) is 14.6. The third kappa shape index (κ3) is 3.97. The summed E-state index contributed by atoms with van der Waals surface area (Å²) >= 11 is 3.45. The maximum Gasteiger partial charge on any atom is 0.225 e. The van der Waals surface area contributed by atoms with Crippen molar-refractivity contribution in [2.24, 2.45) is 17.3 Å². The second-order valence-electron chi connectivity index (χ2n) is 7.35. The van der Waals surface area contributed by atoms with Crippen LogP contribution in [0.25, 0.3) is 0 Å². The molecule has 0 aromatic heterocycles. The second-order valence-corrected chi connectivity index (χ2v) is 7.99. The highest BCUT2D eigenvalue weighted by Gasteiger charge is 2.35. The Labute approximate surface area is 131 Å². The third-order valence-corrected chi connectivity index (χ3v) is 5.65. The van der Waals surface area contributed by atoms with Gasteiger partial charge in [-0.1, -0.05) is 36.7 Å². The first-order valence-electron chi connectivity index (χ1n) is 7.88. The average molecular weight is 346 g/mol. The first-order chi connectivity index (χ1) is 9.41. The van der Waals surface area contributed by atoms with Crippen LogP contribution >= 0.6 is 15.9 Å². The van der Waals surface area contributed by atoms with Gasteiger partial charge < -0.3 is 9.64 Å². The fourth-order valence-electron chi connectivity index (χ4n) is 3.48. The van der Waals surface area contributed by atoms with Gasteiger partial charge in [-0.3, -0.25) is 4.79 Å². The largest absolute Gasteiger partial charge is 0.374 e. The Bertz CT molecular complexity index is 332. The molecule has 2 fully saturated rings. The zero-order chi connectivity index (χ0) is 14.8. The van der Waals surface area contributed by atoms with Crippen LogP contribution in [0.1, 0.15) is 46.5 Å². The predicted molar refractivity (Wildman–Crippen MR) is 85.0 cm³/mol. The van der Waals surface area contributed by atoms with E-state index in [0.29, 0.717) is 17.9 Å². The van der Waals surface area contributed by atoms with Gasteiger partial charge in [0.05, 0.1) is 12.7 Å². The van der Waals surface area contributed by atoms with Crippen molar-refractivity contribution in [2.45, 2.75) is 52.6 Å². The highest BCUT2D eigenvalue weighted by Crippen LogP contribution is 2.40. The Morgan fingerprint density at radius 3 is 2.45 bits per heavy atom. The molecule has 0 bridgehead atoms. The molecule has 1 aliphatic carbocycles. The van der Waals surface area contributed by atoms with Crippen molar-refractivity contribution >= 4 is 21.8 Å². The lowest BCUT2D eigenvalue weighted by atomic mass is 9.69. The normalized spacial score (nSPS) is 32.2. The van der Waals surface area contributed by atoms with E-state index in [-0.39, 0.29) is 12.0 Å². The van der Waals surface area contributed by atoms with Crippen LogP contribution in [0.15, 0.2) is 0 Å². The lowest BCUT2D eigenvalue weighted by Crippen LogP contribution is -2.49. The van der Waals surface area contributed by atoms with Gasteiger partial charge in [0, 0.05) is 24.3 Å². The summed E-state index contributed by atoms with van der Waals surface area (Å²) in [5, 5.41) is 0.813. The minimum atomic E-state index is 0.165. The monoisotopic (exact) mass is 345 g/mol. The highest BCUT2D eigenvalue weighted by molar-refractivity contribution is 9.09. The van der Waals surface area contributed by atoms with Crippen LogP contribution in [0.3, 0.4) is 0 Å². The minimum Gasteiger partial charge on any atom is -0.374 e. The van der Waals surface area contributed by atoms with Gasteiger partial charge in [-0.25, -0.2) is 0 Å². The molecule has 20 heavy (non-hydrogen) atoms. The summed E-state index contributed by atoms with van der Waals surface area (Å²) in [4.78, 5) is 14.7. The standard InChI is InChI=1S/C16H28BrNO2/c1-16(2,3)13-6-4-12(5-7-13)15(19)18-8-9-20-14(10-17)11-18/h12-14H,4-11H2,1-3H3. The maximum atomic E-state index is 12.6. The Hall–Kier alpha value is -0.0900. The third-order valence-electron chi connectivity index (χ3n) is 4.92. The summed E-state index contributed by atoms with van der Waals surface area (Å²) in [5.74, 6) is 1.39. The molecule has 3 nitrogen and oxygen atoms in total. The molecule has 0 radical (unpaired) electrons. The first-order valence-corrected chi connectivity index (χ1v) is 9.00. The van der Waals surface area contributed by atoms with E-state index < -0.39 is 0 Å². The molecular weight excluding hydrogens is 318 g/mol. The quantitative estimate of drug-likeness (QED) is 0.717. The van der Waals surface area contributed by atoms with Crippen molar-refractivity contribution in [3.8, 4) is 0 Å². The maximum absolute atomic E-state index is 12.6. The fourth-order valence-corrected chi connectivity index (χ4v) is 3.87. The van der Waals surface area contributed by atoms with Crippen LogP contribution in [0.5, 0.6) is 0 Å². The van der Waals surface area contributed by atoms with Gasteiger partial charge >= 0.3 is 0 Å². The predicted octanol–water partition coefficient (Wildman–Crippen LogP) is 3.46. The number of hydrogen-bond donors (Lipinski definition) is 0. The first kappa shape index (κ1) is 16.3. The summed E-state index contributed by atoms with van der Waals surface area (Å²) in [5.41, 5.74) is 0.383. The number of ether oxygens (including phenoxy) is 1. The number of morpholine rings is 1. The summed E-state index contributed by atoms with van der Waals surface area (Å²) in [6.45, 7) is 9.16. The van der Waals surface area contributed by atoms with Crippen molar-refractivity contribution in [1.29, 1.82) is 0 Å². The van der Waals surface area contributed by atoms with Crippen molar-refractivity contribution in [1.82, 2.24) is 4.90 Å². The zero-order valence-electron chi connectivity index (χ0n) is 13.0. The van der Waals surface area contributed by atoms with Gasteiger partial charge in [0.1, 0.15) is 0 Å². The Balaban J connectivity index is 1.85. The lowest BCUT2D eigenvalue weighted by molar-refractivity contribution is -0.143. The van der Waals surface area contributed by atoms with Crippen LogP contribution in [-0.2, 0) is 9.53 Å². The van der Waals surface area contributed by atoms with Crippen molar-refractivity contribution < 1.29 is 9.53 Å². The van der Waals surface area contributed by atoms with E-state index in [0.717, 1.165) is 37.2 Å². The van der Waals surface area contributed by atoms with E-state index in [4.69, 9.17) is 4.74 Å². The van der Waals surface area contributed by atoms with Gasteiger partial charge in [-0.15, -0.1) is 0 Å². The van der Waals surface area contributed by atoms with Crippen LogP contribution in [0, 0.1) is 17.3 Å². The van der Waals surface area contributed by atoms with E-state index in [2.05, 4.69) is 36.7 Å². The van der Waals surface area contributed by atoms with Gasteiger partial charge in [0.25, 0.3) is 0 Å². The molecular formula is C16H28BrNO2. The van der Waals surface area contributed by atoms with Gasteiger partial charge in [-0.2, -0.15) is 0 Å². The molecule has 2 aliphatic rings. The molecule has 1 saturated carbocycles. The molecule has 0 spiro atoms. The van der Waals surface area contributed by atoms with Gasteiger partial charge in [-0.05, 0) is 37.0 Å². The summed E-state index contributed by atoms with van der Waals surface area (Å²) in [6.07, 6.45) is 4.70. The smallest absolute Gasteiger partial charge is 0.225 e. The van der Waals surface area contributed by atoms with Crippen molar-refractivity contribution in [3.05, 3.63) is 0 Å². The average Bonchev–Trinajstić information content (AvgIpc) is 2.46. The van der Waals surface area contributed by atoms with E-state index in [9.17, 15) is 4.79 Å². The number of nitrogens with zero attached hydrogens (tertiary/aromatic N) is 1. The van der Waals surface area contributed by atoms with Gasteiger partial charge in [0.15, 0.2) is 0 Å².